The van der Waals surface area contributed by atoms with Crippen molar-refractivity contribution in [1.29, 1.82) is 0 Å². The number of rotatable bonds is 6. The van der Waals surface area contributed by atoms with Crippen LogP contribution in [0.1, 0.15) is 33.5 Å². The highest BCUT2D eigenvalue weighted by molar-refractivity contribution is 7.12. The summed E-state index contributed by atoms with van der Waals surface area (Å²) >= 11 is 1.66. The minimum Gasteiger partial charge on any atom is -0.382 e. The predicted molar refractivity (Wildman–Crippen MR) is 67.2 cm³/mol. The van der Waals surface area contributed by atoms with Crippen LogP contribution < -0.4 is 5.32 Å². The van der Waals surface area contributed by atoms with Gasteiger partial charge in [0.05, 0.1) is 5.56 Å². The normalized spacial score (nSPS) is 10.4. The Morgan fingerprint density at radius 3 is 2.81 bits per heavy atom. The summed E-state index contributed by atoms with van der Waals surface area (Å²) in [5.41, 5.74) is 0.805. The number of nitrogens with one attached hydrogen (secondary N) is 1. The van der Waals surface area contributed by atoms with Crippen LogP contribution in [0.15, 0.2) is 6.07 Å². The lowest BCUT2D eigenvalue weighted by molar-refractivity contribution is 0.0944. The second kappa shape index (κ2) is 6.66. The third-order valence-corrected chi connectivity index (χ3v) is 3.21. The molecule has 0 atom stereocenters. The van der Waals surface area contributed by atoms with Crippen molar-refractivity contribution in [2.24, 2.45) is 0 Å². The number of ether oxygens (including phenoxy) is 1. The standard InChI is InChI=1S/C12H19NO2S/c1-4-15-7-5-6-13-12(14)11-8-9(2)16-10(11)3/h8H,4-7H2,1-3H3,(H,13,14). The van der Waals surface area contributed by atoms with Crippen molar-refractivity contribution in [2.75, 3.05) is 19.8 Å². The fourth-order valence-corrected chi connectivity index (χ4v) is 2.39. The van der Waals surface area contributed by atoms with Gasteiger partial charge in [-0.1, -0.05) is 0 Å². The molecule has 1 heterocycles. The number of hydrogen-bond donors (Lipinski definition) is 1. The van der Waals surface area contributed by atoms with Gasteiger partial charge in [-0.25, -0.2) is 0 Å². The average molecular weight is 241 g/mol. The SMILES string of the molecule is CCOCCCNC(=O)c1cc(C)sc1C. The van der Waals surface area contributed by atoms with Crippen molar-refractivity contribution in [1.82, 2.24) is 5.32 Å². The van der Waals surface area contributed by atoms with Gasteiger partial charge in [-0.3, -0.25) is 4.79 Å². The number of hydrogen-bond acceptors (Lipinski definition) is 3. The molecular formula is C12H19NO2S. The first-order chi connectivity index (χ1) is 7.65. The minimum atomic E-state index is 0.0262. The van der Waals surface area contributed by atoms with E-state index >= 15 is 0 Å². The van der Waals surface area contributed by atoms with E-state index in [4.69, 9.17) is 4.74 Å². The maximum atomic E-state index is 11.8. The van der Waals surface area contributed by atoms with E-state index in [1.807, 2.05) is 26.8 Å². The Morgan fingerprint density at radius 2 is 2.25 bits per heavy atom. The second-order valence-electron chi connectivity index (χ2n) is 3.63. The molecule has 1 amide bonds. The Kier molecular flexibility index (Phi) is 5.49. The second-order valence-corrected chi connectivity index (χ2v) is 5.09. The third-order valence-electron chi connectivity index (χ3n) is 2.24. The molecule has 3 nitrogen and oxygen atoms in total. The summed E-state index contributed by atoms with van der Waals surface area (Å²) in [5.74, 6) is 0.0262. The summed E-state index contributed by atoms with van der Waals surface area (Å²) in [7, 11) is 0. The molecule has 4 heteroatoms. The van der Waals surface area contributed by atoms with E-state index in [0.717, 1.165) is 23.5 Å². The maximum Gasteiger partial charge on any atom is 0.252 e. The van der Waals surface area contributed by atoms with Gasteiger partial charge in [0.1, 0.15) is 0 Å². The molecule has 1 N–H and O–H groups in total. The van der Waals surface area contributed by atoms with Gasteiger partial charge in [0, 0.05) is 29.5 Å². The minimum absolute atomic E-state index is 0.0262. The Labute approximate surface area is 101 Å². The van der Waals surface area contributed by atoms with Gasteiger partial charge in [0.25, 0.3) is 5.91 Å². The Hall–Kier alpha value is -0.870. The van der Waals surface area contributed by atoms with E-state index in [2.05, 4.69) is 5.32 Å². The molecule has 0 spiro atoms. The lowest BCUT2D eigenvalue weighted by Crippen LogP contribution is -2.25. The van der Waals surface area contributed by atoms with Crippen LogP contribution in [0.2, 0.25) is 0 Å². The highest BCUT2D eigenvalue weighted by Crippen LogP contribution is 2.20. The summed E-state index contributed by atoms with van der Waals surface area (Å²) in [6.45, 7) is 8.08. The van der Waals surface area contributed by atoms with E-state index in [1.165, 1.54) is 4.88 Å². The largest absolute Gasteiger partial charge is 0.382 e. The highest BCUT2D eigenvalue weighted by Gasteiger charge is 2.10. The number of aryl methyl sites for hydroxylation is 2. The average Bonchev–Trinajstić information content (AvgIpc) is 2.57. The first-order valence-electron chi connectivity index (χ1n) is 5.58. The van der Waals surface area contributed by atoms with Gasteiger partial charge in [-0.05, 0) is 33.3 Å². The molecule has 0 aliphatic rings. The van der Waals surface area contributed by atoms with Gasteiger partial charge in [0.2, 0.25) is 0 Å². The first-order valence-corrected chi connectivity index (χ1v) is 6.39. The van der Waals surface area contributed by atoms with Gasteiger partial charge in [0.15, 0.2) is 0 Å². The fourth-order valence-electron chi connectivity index (χ4n) is 1.47. The zero-order valence-electron chi connectivity index (χ0n) is 10.1. The summed E-state index contributed by atoms with van der Waals surface area (Å²) in [5, 5.41) is 2.90. The van der Waals surface area contributed by atoms with Crippen molar-refractivity contribution in [2.45, 2.75) is 27.2 Å². The molecule has 0 saturated carbocycles. The Balaban J connectivity index is 2.33. The molecule has 1 rings (SSSR count). The van der Waals surface area contributed by atoms with E-state index in [9.17, 15) is 4.79 Å². The number of carbonyl (C=O) groups is 1. The van der Waals surface area contributed by atoms with Crippen LogP contribution in [-0.2, 0) is 4.74 Å². The fraction of sp³-hybridized carbons (Fsp3) is 0.583. The summed E-state index contributed by atoms with van der Waals surface area (Å²) in [6, 6.07) is 1.94. The van der Waals surface area contributed by atoms with Gasteiger partial charge < -0.3 is 10.1 Å². The van der Waals surface area contributed by atoms with Crippen LogP contribution in [0, 0.1) is 13.8 Å². The molecule has 0 aliphatic heterocycles. The maximum absolute atomic E-state index is 11.8. The van der Waals surface area contributed by atoms with Crippen LogP contribution in [0.3, 0.4) is 0 Å². The smallest absolute Gasteiger partial charge is 0.252 e. The molecule has 0 aliphatic carbocycles. The zero-order valence-corrected chi connectivity index (χ0v) is 10.9. The van der Waals surface area contributed by atoms with Gasteiger partial charge in [-0.15, -0.1) is 11.3 Å². The Bertz CT molecular complexity index is 347. The van der Waals surface area contributed by atoms with E-state index in [0.29, 0.717) is 13.2 Å². The lowest BCUT2D eigenvalue weighted by Gasteiger charge is -2.04. The van der Waals surface area contributed by atoms with Crippen LogP contribution in [0.25, 0.3) is 0 Å². The summed E-state index contributed by atoms with van der Waals surface area (Å²) < 4.78 is 5.20. The van der Waals surface area contributed by atoms with Crippen molar-refractivity contribution >= 4 is 17.2 Å². The first kappa shape index (κ1) is 13.2. The molecule has 0 bridgehead atoms. The lowest BCUT2D eigenvalue weighted by atomic mass is 10.2. The number of thiophene rings is 1. The number of amides is 1. The molecule has 16 heavy (non-hydrogen) atoms. The quantitative estimate of drug-likeness (QED) is 0.777. The molecule has 0 saturated heterocycles. The van der Waals surface area contributed by atoms with Crippen molar-refractivity contribution in [3.63, 3.8) is 0 Å². The molecular weight excluding hydrogens is 222 g/mol. The van der Waals surface area contributed by atoms with Crippen LogP contribution in [0.5, 0.6) is 0 Å². The number of carbonyl (C=O) groups excluding carboxylic acids is 1. The molecule has 0 aromatic carbocycles. The van der Waals surface area contributed by atoms with Crippen LogP contribution in [0.4, 0.5) is 0 Å². The van der Waals surface area contributed by atoms with E-state index in [-0.39, 0.29) is 5.91 Å². The molecule has 0 unspecified atom stereocenters. The summed E-state index contributed by atoms with van der Waals surface area (Å²) in [6.07, 6.45) is 0.863. The topological polar surface area (TPSA) is 38.3 Å². The molecule has 90 valence electrons. The monoisotopic (exact) mass is 241 g/mol. The molecule has 0 radical (unpaired) electrons. The van der Waals surface area contributed by atoms with Crippen LogP contribution >= 0.6 is 11.3 Å². The predicted octanol–water partition coefficient (Wildman–Crippen LogP) is 2.52. The summed E-state index contributed by atoms with van der Waals surface area (Å²) in [4.78, 5) is 14.0. The zero-order chi connectivity index (χ0) is 12.0. The van der Waals surface area contributed by atoms with Crippen LogP contribution in [-0.4, -0.2) is 25.7 Å². The molecule has 0 fully saturated rings. The Morgan fingerprint density at radius 1 is 1.50 bits per heavy atom. The molecule has 1 aromatic heterocycles. The molecule has 1 aromatic rings. The third kappa shape index (κ3) is 3.94. The van der Waals surface area contributed by atoms with Crippen molar-refractivity contribution in [3.05, 3.63) is 21.4 Å². The highest BCUT2D eigenvalue weighted by atomic mass is 32.1. The van der Waals surface area contributed by atoms with E-state index < -0.39 is 0 Å². The van der Waals surface area contributed by atoms with Crippen molar-refractivity contribution < 1.29 is 9.53 Å². The van der Waals surface area contributed by atoms with E-state index in [1.54, 1.807) is 11.3 Å². The van der Waals surface area contributed by atoms with Gasteiger partial charge in [-0.2, -0.15) is 0 Å². The van der Waals surface area contributed by atoms with Crippen molar-refractivity contribution in [3.8, 4) is 0 Å². The van der Waals surface area contributed by atoms with Gasteiger partial charge >= 0.3 is 0 Å².